The Morgan fingerprint density at radius 2 is 2.12 bits per heavy atom. The highest BCUT2D eigenvalue weighted by molar-refractivity contribution is 7.08. The van der Waals surface area contributed by atoms with E-state index in [1.54, 1.807) is 11.3 Å². The Labute approximate surface area is 156 Å². The van der Waals surface area contributed by atoms with Gasteiger partial charge in [0.15, 0.2) is 5.96 Å². The SMILES string of the molecule is CCNC(=NCC(C)(O)c1ccsc1)NCC(C)CN1CCCCC1. The first-order valence-electron chi connectivity index (χ1n) is 9.51. The van der Waals surface area contributed by atoms with E-state index in [9.17, 15) is 5.11 Å². The van der Waals surface area contributed by atoms with Gasteiger partial charge in [-0.3, -0.25) is 0 Å². The highest BCUT2D eigenvalue weighted by Gasteiger charge is 2.23. The molecule has 6 heteroatoms. The van der Waals surface area contributed by atoms with E-state index in [0.29, 0.717) is 12.5 Å². The maximum absolute atomic E-state index is 10.6. The highest BCUT2D eigenvalue weighted by atomic mass is 32.1. The first kappa shape index (κ1) is 20.2. The highest BCUT2D eigenvalue weighted by Crippen LogP contribution is 2.23. The van der Waals surface area contributed by atoms with Crippen molar-refractivity contribution in [2.24, 2.45) is 10.9 Å². The van der Waals surface area contributed by atoms with Crippen molar-refractivity contribution in [2.45, 2.75) is 45.6 Å². The van der Waals surface area contributed by atoms with Crippen LogP contribution >= 0.6 is 11.3 Å². The normalized spacial score (nSPS) is 20.1. The Morgan fingerprint density at radius 3 is 2.76 bits per heavy atom. The molecule has 2 unspecified atom stereocenters. The Hall–Kier alpha value is -1.11. The quantitative estimate of drug-likeness (QED) is 0.489. The molecule has 1 aromatic heterocycles. The van der Waals surface area contributed by atoms with Crippen molar-refractivity contribution < 1.29 is 5.11 Å². The van der Waals surface area contributed by atoms with Crippen molar-refractivity contribution in [1.29, 1.82) is 0 Å². The lowest BCUT2D eigenvalue weighted by atomic mass is 10.00. The van der Waals surface area contributed by atoms with Crippen LogP contribution in [0.3, 0.4) is 0 Å². The second-order valence-corrected chi connectivity index (χ2v) is 8.11. The number of aliphatic hydroxyl groups is 1. The molecule has 1 aromatic rings. The minimum Gasteiger partial charge on any atom is -0.383 e. The predicted molar refractivity (Wildman–Crippen MR) is 107 cm³/mol. The van der Waals surface area contributed by atoms with E-state index >= 15 is 0 Å². The standard InChI is InChI=1S/C19H34N4OS/c1-4-20-18(22-15-19(3,24)17-8-11-25-14-17)21-12-16(2)13-23-9-6-5-7-10-23/h8,11,14,16,24H,4-7,9-10,12-13,15H2,1-3H3,(H2,20,21,22). The Kier molecular flexibility index (Phi) is 8.19. The van der Waals surface area contributed by atoms with Crippen LogP contribution in [0.25, 0.3) is 0 Å². The van der Waals surface area contributed by atoms with Crippen molar-refractivity contribution in [2.75, 3.05) is 39.3 Å². The van der Waals surface area contributed by atoms with E-state index in [0.717, 1.165) is 31.2 Å². The lowest BCUT2D eigenvalue weighted by molar-refractivity contribution is 0.0677. The van der Waals surface area contributed by atoms with Crippen LogP contribution in [0.4, 0.5) is 0 Å². The number of rotatable bonds is 8. The molecule has 1 aliphatic heterocycles. The number of hydrogen-bond donors (Lipinski definition) is 3. The number of likely N-dealkylation sites (tertiary alicyclic amines) is 1. The Bertz CT molecular complexity index is 510. The zero-order valence-corrected chi connectivity index (χ0v) is 16.7. The summed E-state index contributed by atoms with van der Waals surface area (Å²) < 4.78 is 0. The zero-order chi connectivity index (χ0) is 18.1. The van der Waals surface area contributed by atoms with Gasteiger partial charge in [-0.15, -0.1) is 0 Å². The molecule has 1 fully saturated rings. The van der Waals surface area contributed by atoms with Gasteiger partial charge in [0.2, 0.25) is 0 Å². The first-order chi connectivity index (χ1) is 12.0. The van der Waals surface area contributed by atoms with E-state index in [1.807, 2.05) is 23.8 Å². The van der Waals surface area contributed by atoms with E-state index in [2.05, 4.69) is 34.4 Å². The second-order valence-electron chi connectivity index (χ2n) is 7.33. The van der Waals surface area contributed by atoms with Gasteiger partial charge < -0.3 is 20.6 Å². The van der Waals surface area contributed by atoms with Crippen LogP contribution in [0, 0.1) is 5.92 Å². The predicted octanol–water partition coefficient (Wildman–Crippen LogP) is 2.63. The summed E-state index contributed by atoms with van der Waals surface area (Å²) in [6, 6.07) is 1.96. The van der Waals surface area contributed by atoms with Crippen molar-refractivity contribution >= 4 is 17.3 Å². The summed E-state index contributed by atoms with van der Waals surface area (Å²) >= 11 is 1.60. The molecule has 2 atom stereocenters. The smallest absolute Gasteiger partial charge is 0.191 e. The molecule has 0 aliphatic carbocycles. The molecule has 2 rings (SSSR count). The van der Waals surface area contributed by atoms with Gasteiger partial charge in [-0.2, -0.15) is 11.3 Å². The summed E-state index contributed by atoms with van der Waals surface area (Å²) in [7, 11) is 0. The molecule has 0 amide bonds. The molecule has 0 radical (unpaired) electrons. The van der Waals surface area contributed by atoms with E-state index in [-0.39, 0.29) is 0 Å². The van der Waals surface area contributed by atoms with Gasteiger partial charge in [0, 0.05) is 19.6 Å². The lowest BCUT2D eigenvalue weighted by Gasteiger charge is -2.29. The number of piperidine rings is 1. The molecule has 0 aromatic carbocycles. The Balaban J connectivity index is 1.82. The Morgan fingerprint density at radius 1 is 1.36 bits per heavy atom. The number of nitrogens with one attached hydrogen (secondary N) is 2. The third-order valence-electron chi connectivity index (χ3n) is 4.67. The topological polar surface area (TPSA) is 59.9 Å². The fraction of sp³-hybridized carbons (Fsp3) is 0.737. The molecule has 0 saturated carbocycles. The van der Waals surface area contributed by atoms with E-state index < -0.39 is 5.60 Å². The fourth-order valence-corrected chi connectivity index (χ4v) is 3.94. The molecule has 2 heterocycles. The number of thiophene rings is 1. The van der Waals surface area contributed by atoms with Gasteiger partial charge in [-0.05, 0) is 68.1 Å². The molecular formula is C19H34N4OS. The molecule has 3 N–H and O–H groups in total. The molecule has 142 valence electrons. The number of aliphatic imine (C=N–C) groups is 1. The number of nitrogens with zero attached hydrogens (tertiary/aromatic N) is 2. The van der Waals surface area contributed by atoms with Crippen LogP contribution in [0.5, 0.6) is 0 Å². The minimum atomic E-state index is -0.929. The monoisotopic (exact) mass is 366 g/mol. The molecule has 5 nitrogen and oxygen atoms in total. The average Bonchev–Trinajstić information content (AvgIpc) is 3.14. The molecule has 0 spiro atoms. The van der Waals surface area contributed by atoms with Crippen LogP contribution in [0.2, 0.25) is 0 Å². The van der Waals surface area contributed by atoms with Crippen molar-refractivity contribution in [1.82, 2.24) is 15.5 Å². The summed E-state index contributed by atoms with van der Waals surface area (Å²) in [5.74, 6) is 1.35. The summed E-state index contributed by atoms with van der Waals surface area (Å²) in [6.07, 6.45) is 4.05. The van der Waals surface area contributed by atoms with Gasteiger partial charge in [-0.25, -0.2) is 4.99 Å². The third kappa shape index (κ3) is 6.96. The minimum absolute atomic E-state index is 0.347. The van der Waals surface area contributed by atoms with E-state index in [1.165, 1.54) is 32.4 Å². The largest absolute Gasteiger partial charge is 0.383 e. The fourth-order valence-electron chi connectivity index (χ4n) is 3.16. The van der Waals surface area contributed by atoms with Crippen molar-refractivity contribution in [3.63, 3.8) is 0 Å². The van der Waals surface area contributed by atoms with Gasteiger partial charge in [0.1, 0.15) is 5.60 Å². The average molecular weight is 367 g/mol. The zero-order valence-electron chi connectivity index (χ0n) is 15.9. The summed E-state index contributed by atoms with van der Waals surface area (Å²) in [5.41, 5.74) is -0.00235. The first-order valence-corrected chi connectivity index (χ1v) is 10.4. The summed E-state index contributed by atoms with van der Waals surface area (Å²) in [6.45, 7) is 11.8. The molecular weight excluding hydrogens is 332 g/mol. The second kappa shape index (κ2) is 10.1. The van der Waals surface area contributed by atoms with E-state index in [4.69, 9.17) is 0 Å². The van der Waals surface area contributed by atoms with Crippen LogP contribution in [-0.4, -0.2) is 55.2 Å². The van der Waals surface area contributed by atoms with Crippen molar-refractivity contribution in [3.05, 3.63) is 22.4 Å². The van der Waals surface area contributed by atoms with Gasteiger partial charge >= 0.3 is 0 Å². The van der Waals surface area contributed by atoms with Gasteiger partial charge in [-0.1, -0.05) is 13.3 Å². The molecule has 1 saturated heterocycles. The maximum Gasteiger partial charge on any atom is 0.191 e. The van der Waals surface area contributed by atoms with Crippen LogP contribution in [0.1, 0.15) is 45.6 Å². The number of guanidine groups is 1. The van der Waals surface area contributed by atoms with Crippen LogP contribution < -0.4 is 10.6 Å². The lowest BCUT2D eigenvalue weighted by Crippen LogP contribution is -2.43. The van der Waals surface area contributed by atoms with Crippen molar-refractivity contribution in [3.8, 4) is 0 Å². The molecule has 1 aliphatic rings. The maximum atomic E-state index is 10.6. The van der Waals surface area contributed by atoms with Crippen LogP contribution in [-0.2, 0) is 5.60 Å². The van der Waals surface area contributed by atoms with Gasteiger partial charge in [0.05, 0.1) is 6.54 Å². The third-order valence-corrected chi connectivity index (χ3v) is 5.35. The van der Waals surface area contributed by atoms with Crippen LogP contribution in [0.15, 0.2) is 21.8 Å². The summed E-state index contributed by atoms with van der Waals surface area (Å²) in [4.78, 5) is 7.17. The molecule has 25 heavy (non-hydrogen) atoms. The number of hydrogen-bond acceptors (Lipinski definition) is 4. The van der Waals surface area contributed by atoms with Gasteiger partial charge in [0.25, 0.3) is 0 Å². The molecule has 0 bridgehead atoms. The summed E-state index contributed by atoms with van der Waals surface area (Å²) in [5, 5.41) is 21.3.